The van der Waals surface area contributed by atoms with E-state index in [-0.39, 0.29) is 0 Å². The predicted octanol–water partition coefficient (Wildman–Crippen LogP) is 25.6. The highest BCUT2D eigenvalue weighted by Crippen LogP contribution is 2.60. The Labute approximate surface area is 592 Å². The molecule has 17 aromatic carbocycles. The number of para-hydroxylation sites is 4. The van der Waals surface area contributed by atoms with Crippen LogP contribution >= 0.6 is 0 Å². The van der Waals surface area contributed by atoms with Crippen molar-refractivity contribution < 1.29 is 0 Å². The molecule has 0 radical (unpaired) electrons. The lowest BCUT2D eigenvalue weighted by Crippen LogP contribution is -2.28. The van der Waals surface area contributed by atoms with E-state index in [2.05, 4.69) is 397 Å². The van der Waals surface area contributed by atoms with Crippen LogP contribution in [0.3, 0.4) is 0 Å². The first-order chi connectivity index (χ1) is 50.6. The predicted molar refractivity (Wildman–Crippen MR) is 426 cm³/mol. The number of hydrogen-bond acceptors (Lipinski definition) is 0. The van der Waals surface area contributed by atoms with Crippen LogP contribution in [0.25, 0.3) is 143 Å². The lowest BCUT2D eigenvalue weighted by atomic mass is 9.67. The van der Waals surface area contributed by atoms with Gasteiger partial charge in [0.15, 0.2) is 0 Å². The number of aromatic nitrogens is 2. The van der Waals surface area contributed by atoms with Crippen molar-refractivity contribution in [3.05, 3.63) is 433 Å². The molecule has 0 atom stereocenters. The summed E-state index contributed by atoms with van der Waals surface area (Å²) in [6, 6.07) is 146. The third-order valence-electron chi connectivity index (χ3n) is 22.7. The van der Waals surface area contributed by atoms with E-state index in [1.165, 1.54) is 143 Å². The van der Waals surface area contributed by atoms with Crippen molar-refractivity contribution in [3.63, 3.8) is 0 Å². The Balaban J connectivity index is 0.881. The first kappa shape index (κ1) is 57.9. The Bertz CT molecular complexity index is 6100. The highest BCUT2D eigenvalue weighted by Gasteiger charge is 2.48. The molecule has 2 heterocycles. The molecule has 2 heteroatoms. The summed E-state index contributed by atoms with van der Waals surface area (Å²) in [5, 5.41) is 9.63. The Morgan fingerprint density at radius 1 is 0.167 bits per heavy atom. The molecule has 0 unspecified atom stereocenters. The van der Waals surface area contributed by atoms with Gasteiger partial charge in [-0.2, -0.15) is 0 Å². The zero-order chi connectivity index (χ0) is 67.0. The molecule has 0 N–H and O–H groups in total. The van der Waals surface area contributed by atoms with Crippen molar-refractivity contribution in [1.82, 2.24) is 9.13 Å². The Hall–Kier alpha value is -13.1. The fourth-order valence-electron chi connectivity index (χ4n) is 18.4. The van der Waals surface area contributed by atoms with Gasteiger partial charge in [-0.15, -0.1) is 0 Å². The van der Waals surface area contributed by atoms with Gasteiger partial charge in [-0.05, 0) is 218 Å². The second kappa shape index (κ2) is 22.7. The molecule has 0 saturated heterocycles. The smallest absolute Gasteiger partial charge is 0.0713 e. The molecule has 0 bridgehead atoms. The third kappa shape index (κ3) is 8.35. The normalized spacial score (nSPS) is 13.3. The fourth-order valence-corrected chi connectivity index (χ4v) is 18.4. The van der Waals surface area contributed by atoms with Gasteiger partial charge in [-0.25, -0.2) is 0 Å². The molecule has 102 heavy (non-hydrogen) atoms. The molecule has 2 aromatic heterocycles. The number of nitrogens with zero attached hydrogens (tertiary/aromatic N) is 2. The van der Waals surface area contributed by atoms with E-state index in [9.17, 15) is 0 Å². The molecule has 21 rings (SSSR count). The zero-order valence-corrected chi connectivity index (χ0v) is 55.8. The standard InChI is InChI=1S/C100H64N2/c1-7-27-71(28-8-1)99(72-29-9-2-10-30-72)89-43-23-19-39-77(89)79-53-49-69(63-91(79)99)97-83-55-47-66(68-52-58-96-86(60-68)82-42-22-26-46-94(82)102(96)76-37-17-6-18-38-76)62-88(83)98(70-50-54-80-78-40-20-24-44-90(78)100(92(80)64-70,73-31-11-3-12-32-73)74-33-13-4-14-34-74)84-56-48-65(61-87(84)97)67-51-57-95-85(59-67)81-41-21-25-45-93(81)101(95)75-35-15-5-16-36-75/h1-64H. The maximum atomic E-state index is 2.57. The molecular formula is C100H64N2. The number of rotatable bonds is 10. The van der Waals surface area contributed by atoms with Crippen LogP contribution in [-0.2, 0) is 10.8 Å². The van der Waals surface area contributed by atoms with Crippen molar-refractivity contribution >= 4 is 65.2 Å². The fraction of sp³-hybridized carbons (Fsp3) is 0.0200. The van der Waals surface area contributed by atoms with Crippen molar-refractivity contribution in [1.29, 1.82) is 0 Å². The van der Waals surface area contributed by atoms with Crippen molar-refractivity contribution in [2.75, 3.05) is 0 Å². The van der Waals surface area contributed by atoms with Crippen molar-refractivity contribution in [2.24, 2.45) is 0 Å². The van der Waals surface area contributed by atoms with E-state index in [0.29, 0.717) is 0 Å². The number of benzene rings is 17. The van der Waals surface area contributed by atoms with E-state index in [1.54, 1.807) is 0 Å². The molecule has 2 aliphatic rings. The van der Waals surface area contributed by atoms with Gasteiger partial charge in [0.05, 0.1) is 32.9 Å². The summed E-state index contributed by atoms with van der Waals surface area (Å²) in [5.74, 6) is 0. The first-order valence-corrected chi connectivity index (χ1v) is 35.5. The molecule has 2 aliphatic carbocycles. The summed E-state index contributed by atoms with van der Waals surface area (Å²) in [6.45, 7) is 0. The molecule has 0 saturated carbocycles. The van der Waals surface area contributed by atoms with Gasteiger partial charge >= 0.3 is 0 Å². The minimum atomic E-state index is -0.614. The van der Waals surface area contributed by atoms with E-state index < -0.39 is 10.8 Å². The summed E-state index contributed by atoms with van der Waals surface area (Å²) in [7, 11) is 0. The lowest BCUT2D eigenvalue weighted by molar-refractivity contribution is 0.769. The van der Waals surface area contributed by atoms with Crippen molar-refractivity contribution in [2.45, 2.75) is 10.8 Å². The topological polar surface area (TPSA) is 9.86 Å². The number of hydrogen-bond donors (Lipinski definition) is 0. The quantitative estimate of drug-likeness (QED) is 0.121. The van der Waals surface area contributed by atoms with Gasteiger partial charge < -0.3 is 9.13 Å². The van der Waals surface area contributed by atoms with Gasteiger partial charge in [0, 0.05) is 32.9 Å². The SMILES string of the molecule is c1ccc(-n2c3ccccc3c3cc(-c4ccc5c(-c6ccc7c(c6)C(c6ccccc6)(c6ccccc6)c6ccccc6-7)c6cc(-c7ccc8c(c7)c7ccccc7n8-c7ccccc7)ccc6c(-c6ccc7c(c6)C(c6ccccc6)(c6ccccc6)c6ccccc6-7)c5c4)ccc32)cc1. The van der Waals surface area contributed by atoms with Gasteiger partial charge in [0.25, 0.3) is 0 Å². The highest BCUT2D eigenvalue weighted by atomic mass is 15.0. The summed E-state index contributed by atoms with van der Waals surface area (Å²) in [5.41, 5.74) is 30.3. The molecule has 0 fully saturated rings. The summed E-state index contributed by atoms with van der Waals surface area (Å²) in [4.78, 5) is 0. The average molecular weight is 1290 g/mol. The molecule has 0 amide bonds. The Morgan fingerprint density at radius 2 is 0.451 bits per heavy atom. The molecule has 0 aliphatic heterocycles. The summed E-state index contributed by atoms with van der Waals surface area (Å²) >= 11 is 0. The van der Waals surface area contributed by atoms with Gasteiger partial charge in [0.1, 0.15) is 0 Å². The maximum absolute atomic E-state index is 2.57. The largest absolute Gasteiger partial charge is 0.309 e. The molecule has 0 spiro atoms. The average Bonchev–Trinajstić information content (AvgIpc) is 1.45. The Morgan fingerprint density at radius 3 is 0.833 bits per heavy atom. The van der Waals surface area contributed by atoms with E-state index >= 15 is 0 Å². The molecule has 2 nitrogen and oxygen atoms in total. The van der Waals surface area contributed by atoms with E-state index in [4.69, 9.17) is 0 Å². The van der Waals surface area contributed by atoms with Crippen LogP contribution in [0.15, 0.2) is 388 Å². The van der Waals surface area contributed by atoms with Crippen LogP contribution in [0.1, 0.15) is 44.5 Å². The summed E-state index contributed by atoms with van der Waals surface area (Å²) in [6.07, 6.45) is 0. The van der Waals surface area contributed by atoms with Crippen LogP contribution in [0, 0.1) is 0 Å². The van der Waals surface area contributed by atoms with Crippen LogP contribution in [0.2, 0.25) is 0 Å². The Kier molecular flexibility index (Phi) is 12.9. The minimum absolute atomic E-state index is 0.614. The highest BCUT2D eigenvalue weighted by molar-refractivity contribution is 6.23. The third-order valence-corrected chi connectivity index (χ3v) is 22.7. The summed E-state index contributed by atoms with van der Waals surface area (Å²) < 4.78 is 4.83. The molecule has 19 aromatic rings. The minimum Gasteiger partial charge on any atom is -0.309 e. The van der Waals surface area contributed by atoms with Crippen LogP contribution in [0.5, 0.6) is 0 Å². The molecular weight excluding hydrogens is 1230 g/mol. The second-order valence-electron chi connectivity index (χ2n) is 27.7. The zero-order valence-electron chi connectivity index (χ0n) is 55.8. The monoisotopic (exact) mass is 1290 g/mol. The first-order valence-electron chi connectivity index (χ1n) is 35.5. The molecule has 474 valence electrons. The van der Waals surface area contributed by atoms with Crippen LogP contribution < -0.4 is 0 Å². The van der Waals surface area contributed by atoms with E-state index in [0.717, 1.165) is 44.8 Å². The van der Waals surface area contributed by atoms with Gasteiger partial charge in [0.2, 0.25) is 0 Å². The maximum Gasteiger partial charge on any atom is 0.0713 e. The van der Waals surface area contributed by atoms with Gasteiger partial charge in [-0.3, -0.25) is 0 Å². The lowest BCUT2D eigenvalue weighted by Gasteiger charge is -2.34. The second-order valence-corrected chi connectivity index (χ2v) is 27.7. The van der Waals surface area contributed by atoms with Crippen LogP contribution in [0.4, 0.5) is 0 Å². The van der Waals surface area contributed by atoms with Crippen molar-refractivity contribution in [3.8, 4) is 78.1 Å². The number of fused-ring (bicyclic) bond motifs is 14. The van der Waals surface area contributed by atoms with E-state index in [1.807, 2.05) is 0 Å². The van der Waals surface area contributed by atoms with Gasteiger partial charge in [-0.1, -0.05) is 303 Å². The van der Waals surface area contributed by atoms with Crippen LogP contribution in [-0.4, -0.2) is 9.13 Å².